The predicted octanol–water partition coefficient (Wildman–Crippen LogP) is 6.00. The molecule has 3 aliphatic heterocycles. The van der Waals surface area contributed by atoms with Gasteiger partial charge in [-0.15, -0.1) is 11.3 Å². The van der Waals surface area contributed by atoms with Crippen LogP contribution < -0.4 is 10.7 Å². The lowest BCUT2D eigenvalue weighted by atomic mass is 9.84. The summed E-state index contributed by atoms with van der Waals surface area (Å²) in [6.07, 6.45) is 4.45. The Balaban J connectivity index is 1.25. The molecule has 7 rings (SSSR count). The maximum atomic E-state index is 14.6. The Bertz CT molecular complexity index is 2480. The van der Waals surface area contributed by atoms with E-state index in [2.05, 4.69) is 66.9 Å². The third-order valence-corrected chi connectivity index (χ3v) is 14.0. The van der Waals surface area contributed by atoms with Crippen molar-refractivity contribution in [2.45, 2.75) is 111 Å². The van der Waals surface area contributed by atoms with E-state index in [0.29, 0.717) is 57.0 Å². The third kappa shape index (κ3) is 9.88. The lowest BCUT2D eigenvalue weighted by Crippen LogP contribution is -2.63. The number of thiazole rings is 1. The number of carbonyl (C=O) groups is 5. The summed E-state index contributed by atoms with van der Waals surface area (Å²) in [5, 5.41) is 8.09. The molecule has 0 aliphatic carbocycles. The van der Waals surface area contributed by atoms with Gasteiger partial charge in [-0.05, 0) is 81.9 Å². The zero-order valence-corrected chi connectivity index (χ0v) is 40.6. The number of benzene rings is 1. The summed E-state index contributed by atoms with van der Waals surface area (Å²) < 4.78 is 14.2. The van der Waals surface area contributed by atoms with E-state index in [-0.39, 0.29) is 43.0 Å². The molecule has 0 unspecified atom stereocenters. The Labute approximate surface area is 391 Å². The summed E-state index contributed by atoms with van der Waals surface area (Å²) in [4.78, 5) is 84.1. The first-order valence-electron chi connectivity index (χ1n) is 23.0. The molecular formula is C49H65N9O7S. The molecule has 3 aromatic heterocycles. The van der Waals surface area contributed by atoms with E-state index in [1.54, 1.807) is 30.2 Å². The Hall–Kier alpha value is -5.65. The summed E-state index contributed by atoms with van der Waals surface area (Å²) in [7, 11) is 3.28. The number of aryl methyl sites for hydroxylation is 1. The molecule has 2 fully saturated rings. The Kier molecular flexibility index (Phi) is 14.7. The molecule has 354 valence electrons. The number of fused-ring (bicyclic) bond motifs is 6. The van der Waals surface area contributed by atoms with Gasteiger partial charge in [0.1, 0.15) is 18.1 Å². The Morgan fingerprint density at radius 1 is 1.15 bits per heavy atom. The van der Waals surface area contributed by atoms with Crippen LogP contribution in [0.4, 0.5) is 4.79 Å². The van der Waals surface area contributed by atoms with Crippen LogP contribution in [0.5, 0.6) is 0 Å². The van der Waals surface area contributed by atoms with Crippen molar-refractivity contribution in [2.24, 2.45) is 11.3 Å². The number of piperazine rings is 1. The molecule has 17 heteroatoms. The minimum Gasteiger partial charge on any atom is -0.464 e. The number of hydrogen-bond acceptors (Lipinski definition) is 11. The monoisotopic (exact) mass is 923 g/mol. The number of rotatable bonds is 9. The summed E-state index contributed by atoms with van der Waals surface area (Å²) >= 11 is 1.40. The van der Waals surface area contributed by atoms with E-state index in [1.807, 2.05) is 39.1 Å². The number of urea groups is 1. The fourth-order valence-corrected chi connectivity index (χ4v) is 10.5. The second kappa shape index (κ2) is 20.1. The van der Waals surface area contributed by atoms with E-state index in [1.165, 1.54) is 27.3 Å². The number of methoxy groups -OCH3 is 1. The van der Waals surface area contributed by atoms with Crippen LogP contribution in [-0.2, 0) is 48.0 Å². The van der Waals surface area contributed by atoms with Crippen molar-refractivity contribution in [3.63, 3.8) is 0 Å². The van der Waals surface area contributed by atoms with Gasteiger partial charge in [-0.1, -0.05) is 40.3 Å². The van der Waals surface area contributed by atoms with Crippen LogP contribution in [-0.4, -0.2) is 135 Å². The summed E-state index contributed by atoms with van der Waals surface area (Å²) in [5.41, 5.74) is 9.25. The second-order valence-electron chi connectivity index (χ2n) is 18.9. The standard InChI is InChI=1S/C49H65N9O7S/c1-11-41(59)57-22-21-55(26-30(57)5)48(63)54(9)43(29(3)4)45(60)52-37-24-40-51-38(27-66-40)32-17-18-39-34(23-32)35(44(56(39)12-2)33-15-13-19-50-42(33)31(6)64-10)25-49(7,8)28-65-47(62)36-16-14-20-58(53-36)46(37)61/h11,13,15,17-19,23,27,29-31,36-37,43,53H,1,12,14,16,20-22,24-26,28H2,2-10H3,(H,52,60)/t30-,31+,36+,37+,43+/m1/s1. The maximum absolute atomic E-state index is 14.6. The molecule has 0 radical (unpaired) electrons. The SMILES string of the molecule is C=CC(=O)N1CCN(C(=O)N(C)[C@H](C(=O)N[C@H]2Cc3nc(cs3)-c3ccc4c(c3)c(c(-c3cccnc3[C@H](C)OC)n4CC)CC(C)(C)COC(=O)[C@@H]3CCCN(N3)C2=O)C(C)C)C[C@H]1C. The van der Waals surface area contributed by atoms with Crippen LogP contribution in [0.25, 0.3) is 33.4 Å². The second-order valence-corrected chi connectivity index (χ2v) is 19.8. The van der Waals surface area contributed by atoms with Gasteiger partial charge in [0, 0.05) is 98.4 Å². The van der Waals surface area contributed by atoms with Crippen molar-refractivity contribution in [3.8, 4) is 22.5 Å². The molecule has 0 spiro atoms. The summed E-state index contributed by atoms with van der Waals surface area (Å²) in [6, 6.07) is 6.99. The average Bonchev–Trinajstić information content (AvgIpc) is 3.90. The molecule has 2 N–H and O–H groups in total. The number of hydrogen-bond donors (Lipinski definition) is 2. The molecule has 1 aromatic carbocycles. The first-order valence-corrected chi connectivity index (χ1v) is 23.9. The number of amides is 5. The maximum Gasteiger partial charge on any atom is 0.324 e. The van der Waals surface area contributed by atoms with Crippen LogP contribution in [0.3, 0.4) is 0 Å². The van der Waals surface area contributed by atoms with Gasteiger partial charge in [-0.3, -0.25) is 29.2 Å². The molecule has 66 heavy (non-hydrogen) atoms. The van der Waals surface area contributed by atoms with Gasteiger partial charge in [0.05, 0.1) is 34.8 Å². The Morgan fingerprint density at radius 3 is 2.62 bits per heavy atom. The highest BCUT2D eigenvalue weighted by Gasteiger charge is 2.40. The number of carbonyl (C=O) groups excluding carboxylic acids is 5. The van der Waals surface area contributed by atoms with Crippen molar-refractivity contribution in [1.29, 1.82) is 0 Å². The van der Waals surface area contributed by atoms with Gasteiger partial charge in [0.2, 0.25) is 11.8 Å². The molecule has 6 heterocycles. The number of esters is 1. The van der Waals surface area contributed by atoms with Crippen LogP contribution in [0, 0.1) is 11.3 Å². The molecule has 6 bridgehead atoms. The van der Waals surface area contributed by atoms with Gasteiger partial charge >= 0.3 is 12.0 Å². The van der Waals surface area contributed by atoms with Gasteiger partial charge in [-0.2, -0.15) is 0 Å². The van der Waals surface area contributed by atoms with Crippen molar-refractivity contribution in [2.75, 3.05) is 46.9 Å². The van der Waals surface area contributed by atoms with Crippen LogP contribution in [0.15, 0.2) is 54.6 Å². The molecule has 4 aromatic rings. The number of aromatic nitrogens is 3. The van der Waals surface area contributed by atoms with Gasteiger partial charge in [0.15, 0.2) is 0 Å². The number of nitrogens with zero attached hydrogens (tertiary/aromatic N) is 7. The van der Waals surface area contributed by atoms with Crippen molar-refractivity contribution >= 4 is 52.0 Å². The van der Waals surface area contributed by atoms with Crippen LogP contribution >= 0.6 is 11.3 Å². The topological polar surface area (TPSA) is 172 Å². The lowest BCUT2D eigenvalue weighted by molar-refractivity contribution is -0.155. The Morgan fingerprint density at radius 2 is 1.92 bits per heavy atom. The summed E-state index contributed by atoms with van der Waals surface area (Å²) in [6.45, 7) is 19.6. The van der Waals surface area contributed by atoms with Gasteiger partial charge in [-0.25, -0.2) is 15.2 Å². The predicted molar refractivity (Wildman–Crippen MR) is 254 cm³/mol. The van der Waals surface area contributed by atoms with E-state index < -0.39 is 41.3 Å². The quantitative estimate of drug-likeness (QED) is 0.150. The van der Waals surface area contributed by atoms with Gasteiger partial charge in [0.25, 0.3) is 5.91 Å². The zero-order chi connectivity index (χ0) is 47.6. The fourth-order valence-electron chi connectivity index (χ4n) is 9.66. The van der Waals surface area contributed by atoms with E-state index in [0.717, 1.165) is 44.7 Å². The number of cyclic esters (lactones) is 1. The van der Waals surface area contributed by atoms with Crippen molar-refractivity contribution < 1.29 is 33.4 Å². The number of hydrazine groups is 1. The zero-order valence-electron chi connectivity index (χ0n) is 39.8. The van der Waals surface area contributed by atoms with Crippen LogP contribution in [0.2, 0.25) is 0 Å². The van der Waals surface area contributed by atoms with Crippen molar-refractivity contribution in [1.82, 2.24) is 45.0 Å². The molecule has 3 aliphatic rings. The normalized spacial score (nSPS) is 21.2. The average molecular weight is 924 g/mol. The third-order valence-electron chi connectivity index (χ3n) is 13.1. The molecule has 5 amide bonds. The van der Waals surface area contributed by atoms with E-state index >= 15 is 0 Å². The lowest BCUT2D eigenvalue weighted by Gasteiger charge is -2.42. The highest BCUT2D eigenvalue weighted by Crippen LogP contribution is 2.42. The first-order chi connectivity index (χ1) is 31.5. The molecule has 2 saturated heterocycles. The number of likely N-dealkylation sites (N-methyl/N-ethyl adjacent to an activating group) is 1. The highest BCUT2D eigenvalue weighted by atomic mass is 32.1. The number of ether oxygens (including phenoxy) is 2. The molecule has 5 atom stereocenters. The van der Waals surface area contributed by atoms with Gasteiger partial charge < -0.3 is 34.1 Å². The molecule has 0 saturated carbocycles. The first kappa shape index (κ1) is 48.3. The number of nitrogens with one attached hydrogen (secondary N) is 2. The molecule has 16 nitrogen and oxygen atoms in total. The van der Waals surface area contributed by atoms with E-state index in [4.69, 9.17) is 19.4 Å². The largest absolute Gasteiger partial charge is 0.464 e. The molecular weight excluding hydrogens is 859 g/mol. The highest BCUT2D eigenvalue weighted by molar-refractivity contribution is 7.10. The minimum atomic E-state index is -1.09. The van der Waals surface area contributed by atoms with Crippen molar-refractivity contribution in [3.05, 3.63) is 70.8 Å². The minimum absolute atomic E-state index is 0.0708. The summed E-state index contributed by atoms with van der Waals surface area (Å²) in [5.74, 6) is -1.90. The van der Waals surface area contributed by atoms with Crippen LogP contribution in [0.1, 0.15) is 83.7 Å². The fraction of sp³-hybridized carbons (Fsp3) is 0.531. The van der Waals surface area contributed by atoms with E-state index in [9.17, 15) is 24.0 Å². The number of pyridine rings is 1. The smallest absolute Gasteiger partial charge is 0.324 e.